The first-order valence-corrected chi connectivity index (χ1v) is 6.04. The summed E-state index contributed by atoms with van der Waals surface area (Å²) in [6.45, 7) is 6.71. The van der Waals surface area contributed by atoms with Crippen molar-refractivity contribution in [2.45, 2.75) is 13.0 Å². The van der Waals surface area contributed by atoms with Gasteiger partial charge in [0.1, 0.15) is 5.76 Å². The minimum atomic E-state index is 0.728. The second-order valence-electron chi connectivity index (χ2n) is 3.07. The molecule has 0 aliphatic carbocycles. The molecule has 0 spiro atoms. The number of rotatable bonds is 8. The van der Waals surface area contributed by atoms with Crippen molar-refractivity contribution in [2.75, 3.05) is 19.8 Å². The Kier molecular flexibility index (Phi) is 6.71. The maximum Gasteiger partial charge on any atom is 0.164 e. The molecule has 1 aromatic rings. The molecule has 1 heterocycles. The Labute approximate surface area is 104 Å². The smallest absolute Gasteiger partial charge is 0.164 e. The van der Waals surface area contributed by atoms with Crippen molar-refractivity contribution in [3.8, 4) is 0 Å². The summed E-state index contributed by atoms with van der Waals surface area (Å²) >= 11 is 2.16. The first-order chi connectivity index (χ1) is 7.33. The van der Waals surface area contributed by atoms with Crippen LogP contribution in [0, 0.1) is 3.77 Å². The molecule has 0 bridgehead atoms. The summed E-state index contributed by atoms with van der Waals surface area (Å²) in [5.74, 6) is 0.963. The van der Waals surface area contributed by atoms with E-state index in [4.69, 9.17) is 9.15 Å². The van der Waals surface area contributed by atoms with Crippen LogP contribution < -0.4 is 5.32 Å². The SMILES string of the molecule is C=CCCOCCNCc1ccc(I)o1. The summed E-state index contributed by atoms with van der Waals surface area (Å²) in [4.78, 5) is 0. The molecule has 84 valence electrons. The van der Waals surface area contributed by atoms with E-state index in [2.05, 4.69) is 34.5 Å². The van der Waals surface area contributed by atoms with Crippen LogP contribution in [0.1, 0.15) is 12.2 Å². The largest absolute Gasteiger partial charge is 0.454 e. The summed E-state index contributed by atoms with van der Waals surface area (Å²) in [5.41, 5.74) is 0. The van der Waals surface area contributed by atoms with E-state index in [-0.39, 0.29) is 0 Å². The summed E-state index contributed by atoms with van der Waals surface area (Å²) in [6.07, 6.45) is 2.77. The van der Waals surface area contributed by atoms with Crippen LogP contribution in [0.3, 0.4) is 0 Å². The Hall–Kier alpha value is -0.330. The van der Waals surface area contributed by atoms with Gasteiger partial charge in [-0.25, -0.2) is 0 Å². The molecule has 4 heteroatoms. The Morgan fingerprint density at radius 2 is 2.33 bits per heavy atom. The first-order valence-electron chi connectivity index (χ1n) is 4.96. The quantitative estimate of drug-likeness (QED) is 0.454. The van der Waals surface area contributed by atoms with Crippen LogP contribution in [0.2, 0.25) is 0 Å². The van der Waals surface area contributed by atoms with Gasteiger partial charge in [0.2, 0.25) is 0 Å². The molecule has 0 aliphatic heterocycles. The van der Waals surface area contributed by atoms with Crippen LogP contribution in [0.4, 0.5) is 0 Å². The molecule has 1 rings (SSSR count). The van der Waals surface area contributed by atoms with E-state index in [9.17, 15) is 0 Å². The summed E-state index contributed by atoms with van der Waals surface area (Å²) in [7, 11) is 0. The second-order valence-corrected chi connectivity index (χ2v) is 4.14. The molecule has 0 saturated heterocycles. The summed E-state index contributed by atoms with van der Waals surface area (Å²) in [6, 6.07) is 3.94. The fourth-order valence-corrected chi connectivity index (χ4v) is 1.53. The van der Waals surface area contributed by atoms with E-state index < -0.39 is 0 Å². The van der Waals surface area contributed by atoms with Gasteiger partial charge in [-0.3, -0.25) is 0 Å². The lowest BCUT2D eigenvalue weighted by atomic mass is 10.4. The van der Waals surface area contributed by atoms with Gasteiger partial charge in [-0.1, -0.05) is 6.08 Å². The summed E-state index contributed by atoms with van der Waals surface area (Å²) < 4.78 is 11.7. The number of halogens is 1. The van der Waals surface area contributed by atoms with Gasteiger partial charge in [0.05, 0.1) is 19.8 Å². The molecule has 0 radical (unpaired) electrons. The Morgan fingerprint density at radius 1 is 1.47 bits per heavy atom. The topological polar surface area (TPSA) is 34.4 Å². The van der Waals surface area contributed by atoms with Gasteiger partial charge in [-0.15, -0.1) is 6.58 Å². The molecule has 15 heavy (non-hydrogen) atoms. The molecule has 0 amide bonds. The second kappa shape index (κ2) is 7.90. The highest BCUT2D eigenvalue weighted by Crippen LogP contribution is 2.09. The molecular formula is C11H16INO2. The lowest BCUT2D eigenvalue weighted by molar-refractivity contribution is 0.140. The zero-order valence-electron chi connectivity index (χ0n) is 8.67. The Morgan fingerprint density at radius 3 is 3.00 bits per heavy atom. The van der Waals surface area contributed by atoms with Crippen molar-refractivity contribution in [1.82, 2.24) is 5.32 Å². The molecule has 0 aromatic carbocycles. The van der Waals surface area contributed by atoms with Crippen molar-refractivity contribution >= 4 is 22.6 Å². The highest BCUT2D eigenvalue weighted by molar-refractivity contribution is 14.1. The highest BCUT2D eigenvalue weighted by Gasteiger charge is 1.97. The van der Waals surface area contributed by atoms with E-state index in [0.717, 1.165) is 42.3 Å². The van der Waals surface area contributed by atoms with Crippen molar-refractivity contribution in [1.29, 1.82) is 0 Å². The minimum absolute atomic E-state index is 0.728. The molecule has 3 nitrogen and oxygen atoms in total. The maximum absolute atomic E-state index is 5.40. The average Bonchev–Trinajstić information content (AvgIpc) is 2.63. The number of furan rings is 1. The Bertz CT molecular complexity index is 286. The maximum atomic E-state index is 5.40. The normalized spacial score (nSPS) is 10.5. The van der Waals surface area contributed by atoms with Crippen LogP contribution in [-0.2, 0) is 11.3 Å². The summed E-state index contributed by atoms with van der Waals surface area (Å²) in [5, 5.41) is 3.24. The first kappa shape index (κ1) is 12.7. The number of hydrogen-bond acceptors (Lipinski definition) is 3. The molecule has 0 unspecified atom stereocenters. The van der Waals surface area contributed by atoms with Crippen molar-refractivity contribution < 1.29 is 9.15 Å². The number of ether oxygens (including phenoxy) is 1. The molecule has 0 aliphatic rings. The lowest BCUT2D eigenvalue weighted by Gasteiger charge is -2.03. The Balaban J connectivity index is 1.95. The van der Waals surface area contributed by atoms with Crippen molar-refractivity contribution in [3.05, 3.63) is 34.3 Å². The minimum Gasteiger partial charge on any atom is -0.454 e. The highest BCUT2D eigenvalue weighted by atomic mass is 127. The van der Waals surface area contributed by atoms with Crippen LogP contribution in [0.15, 0.2) is 29.2 Å². The standard InChI is InChI=1S/C11H16INO2/c1-2-3-7-14-8-6-13-9-10-4-5-11(12)15-10/h2,4-5,13H,1,3,6-9H2. The number of nitrogens with one attached hydrogen (secondary N) is 1. The van der Waals surface area contributed by atoms with Gasteiger partial charge in [0.15, 0.2) is 3.77 Å². The van der Waals surface area contributed by atoms with Crippen LogP contribution >= 0.6 is 22.6 Å². The van der Waals surface area contributed by atoms with Gasteiger partial charge in [0.25, 0.3) is 0 Å². The third-order valence-electron chi connectivity index (χ3n) is 1.82. The zero-order chi connectivity index (χ0) is 10.9. The number of hydrogen-bond donors (Lipinski definition) is 1. The monoisotopic (exact) mass is 321 g/mol. The van der Waals surface area contributed by atoms with Crippen LogP contribution in [0.5, 0.6) is 0 Å². The van der Waals surface area contributed by atoms with Gasteiger partial charge in [0, 0.05) is 6.54 Å². The third-order valence-corrected chi connectivity index (χ3v) is 2.40. The van der Waals surface area contributed by atoms with Gasteiger partial charge in [-0.05, 0) is 41.1 Å². The molecule has 0 atom stereocenters. The van der Waals surface area contributed by atoms with Crippen LogP contribution in [0.25, 0.3) is 0 Å². The molecule has 1 aromatic heterocycles. The van der Waals surface area contributed by atoms with E-state index in [1.54, 1.807) is 0 Å². The van der Waals surface area contributed by atoms with Gasteiger partial charge < -0.3 is 14.5 Å². The predicted molar refractivity (Wildman–Crippen MR) is 68.8 cm³/mol. The fourth-order valence-electron chi connectivity index (χ4n) is 1.07. The van der Waals surface area contributed by atoms with E-state index in [1.165, 1.54) is 0 Å². The van der Waals surface area contributed by atoms with E-state index >= 15 is 0 Å². The van der Waals surface area contributed by atoms with E-state index in [0.29, 0.717) is 0 Å². The molecule has 1 N–H and O–H groups in total. The van der Waals surface area contributed by atoms with Crippen molar-refractivity contribution in [2.24, 2.45) is 0 Å². The van der Waals surface area contributed by atoms with Gasteiger partial charge >= 0.3 is 0 Å². The zero-order valence-corrected chi connectivity index (χ0v) is 10.8. The molecule has 0 saturated carbocycles. The lowest BCUT2D eigenvalue weighted by Crippen LogP contribution is -2.19. The van der Waals surface area contributed by atoms with Crippen LogP contribution in [-0.4, -0.2) is 19.8 Å². The predicted octanol–water partition coefficient (Wildman–Crippen LogP) is 2.57. The average molecular weight is 321 g/mol. The van der Waals surface area contributed by atoms with Crippen molar-refractivity contribution in [3.63, 3.8) is 0 Å². The fraction of sp³-hybridized carbons (Fsp3) is 0.455. The molecule has 0 fully saturated rings. The third kappa shape index (κ3) is 5.96. The molecular weight excluding hydrogens is 305 g/mol. The van der Waals surface area contributed by atoms with E-state index in [1.807, 2.05) is 18.2 Å². The van der Waals surface area contributed by atoms with Gasteiger partial charge in [-0.2, -0.15) is 0 Å².